The second kappa shape index (κ2) is 5.14. The number of nitrogens with two attached hydrogens (primary N) is 1. The standard InChI is InChI=1S/C12H19NO2/c1-4-15-9-12(2,13)10-7-5-6-8-11(10)14-3/h5-8H,4,9,13H2,1-3H3. The van der Waals surface area contributed by atoms with Crippen molar-refractivity contribution in [2.45, 2.75) is 19.4 Å². The number of ether oxygens (including phenoxy) is 2. The lowest BCUT2D eigenvalue weighted by atomic mass is 9.93. The van der Waals surface area contributed by atoms with Crippen molar-refractivity contribution in [2.24, 2.45) is 5.73 Å². The molecule has 0 aromatic heterocycles. The molecular weight excluding hydrogens is 190 g/mol. The summed E-state index contributed by atoms with van der Waals surface area (Å²) in [6.07, 6.45) is 0. The summed E-state index contributed by atoms with van der Waals surface area (Å²) < 4.78 is 10.6. The van der Waals surface area contributed by atoms with Gasteiger partial charge in [-0.1, -0.05) is 18.2 Å². The third-order valence-electron chi connectivity index (χ3n) is 2.33. The molecule has 0 amide bonds. The van der Waals surface area contributed by atoms with Crippen LogP contribution in [-0.4, -0.2) is 20.3 Å². The Balaban J connectivity index is 2.92. The number of hydrogen-bond donors (Lipinski definition) is 1. The van der Waals surface area contributed by atoms with Crippen LogP contribution in [0.25, 0.3) is 0 Å². The largest absolute Gasteiger partial charge is 0.496 e. The molecule has 0 radical (unpaired) electrons. The van der Waals surface area contributed by atoms with Crippen molar-refractivity contribution in [3.05, 3.63) is 29.8 Å². The Kier molecular flexibility index (Phi) is 4.12. The van der Waals surface area contributed by atoms with Crippen LogP contribution in [0.15, 0.2) is 24.3 Å². The molecule has 0 fully saturated rings. The smallest absolute Gasteiger partial charge is 0.123 e. The van der Waals surface area contributed by atoms with Crippen LogP contribution in [0.2, 0.25) is 0 Å². The molecule has 15 heavy (non-hydrogen) atoms. The van der Waals surface area contributed by atoms with E-state index in [0.29, 0.717) is 13.2 Å². The highest BCUT2D eigenvalue weighted by Gasteiger charge is 2.24. The summed E-state index contributed by atoms with van der Waals surface area (Å²) in [5.74, 6) is 0.808. The second-order valence-electron chi connectivity index (χ2n) is 3.75. The van der Waals surface area contributed by atoms with Gasteiger partial charge in [0, 0.05) is 12.2 Å². The van der Waals surface area contributed by atoms with Gasteiger partial charge in [0.1, 0.15) is 5.75 Å². The lowest BCUT2D eigenvalue weighted by Crippen LogP contribution is -2.38. The first-order valence-corrected chi connectivity index (χ1v) is 5.12. The number of methoxy groups -OCH3 is 1. The zero-order valence-electron chi connectivity index (χ0n) is 9.62. The van der Waals surface area contributed by atoms with Gasteiger partial charge < -0.3 is 15.2 Å². The van der Waals surface area contributed by atoms with Crippen molar-refractivity contribution < 1.29 is 9.47 Å². The number of para-hydroxylation sites is 1. The molecule has 3 nitrogen and oxygen atoms in total. The van der Waals surface area contributed by atoms with Crippen LogP contribution in [0.5, 0.6) is 5.75 Å². The number of rotatable bonds is 5. The summed E-state index contributed by atoms with van der Waals surface area (Å²) >= 11 is 0. The monoisotopic (exact) mass is 209 g/mol. The van der Waals surface area contributed by atoms with E-state index in [-0.39, 0.29) is 0 Å². The average molecular weight is 209 g/mol. The van der Waals surface area contributed by atoms with Gasteiger partial charge in [0.25, 0.3) is 0 Å². The van der Waals surface area contributed by atoms with E-state index in [9.17, 15) is 0 Å². The van der Waals surface area contributed by atoms with Crippen molar-refractivity contribution in [3.8, 4) is 5.75 Å². The molecule has 0 spiro atoms. The molecule has 1 rings (SSSR count). The van der Waals surface area contributed by atoms with E-state index in [0.717, 1.165) is 11.3 Å². The molecule has 0 aliphatic carbocycles. The van der Waals surface area contributed by atoms with E-state index in [1.165, 1.54) is 0 Å². The Morgan fingerprint density at radius 2 is 2.00 bits per heavy atom. The van der Waals surface area contributed by atoms with Crippen molar-refractivity contribution in [1.82, 2.24) is 0 Å². The van der Waals surface area contributed by atoms with Crippen LogP contribution in [0, 0.1) is 0 Å². The summed E-state index contributed by atoms with van der Waals surface area (Å²) in [6.45, 7) is 5.06. The van der Waals surface area contributed by atoms with Crippen LogP contribution in [0.4, 0.5) is 0 Å². The van der Waals surface area contributed by atoms with Crippen molar-refractivity contribution in [1.29, 1.82) is 0 Å². The van der Waals surface area contributed by atoms with Crippen LogP contribution >= 0.6 is 0 Å². The normalized spacial score (nSPS) is 14.7. The molecule has 1 atom stereocenters. The molecule has 1 aromatic carbocycles. The van der Waals surface area contributed by atoms with Crippen molar-refractivity contribution in [2.75, 3.05) is 20.3 Å². The Hall–Kier alpha value is -1.06. The van der Waals surface area contributed by atoms with E-state index in [2.05, 4.69) is 0 Å². The summed E-state index contributed by atoms with van der Waals surface area (Å²) in [5.41, 5.74) is 6.66. The van der Waals surface area contributed by atoms with Crippen LogP contribution < -0.4 is 10.5 Å². The highest BCUT2D eigenvalue weighted by atomic mass is 16.5. The summed E-state index contributed by atoms with van der Waals surface area (Å²) in [6, 6.07) is 7.76. The molecule has 1 aromatic rings. The fraction of sp³-hybridized carbons (Fsp3) is 0.500. The van der Waals surface area contributed by atoms with E-state index < -0.39 is 5.54 Å². The highest BCUT2D eigenvalue weighted by molar-refractivity contribution is 5.38. The van der Waals surface area contributed by atoms with Crippen LogP contribution in [0.3, 0.4) is 0 Å². The van der Waals surface area contributed by atoms with Gasteiger partial charge >= 0.3 is 0 Å². The first-order valence-electron chi connectivity index (χ1n) is 5.12. The Labute approximate surface area is 91.2 Å². The molecule has 3 heteroatoms. The summed E-state index contributed by atoms with van der Waals surface area (Å²) in [4.78, 5) is 0. The quantitative estimate of drug-likeness (QED) is 0.805. The molecule has 0 heterocycles. The van der Waals surface area contributed by atoms with Crippen LogP contribution in [0.1, 0.15) is 19.4 Å². The first kappa shape index (κ1) is 12.0. The first-order chi connectivity index (χ1) is 7.11. The van der Waals surface area contributed by atoms with E-state index >= 15 is 0 Å². The number of benzene rings is 1. The summed E-state index contributed by atoms with van der Waals surface area (Å²) in [7, 11) is 1.65. The molecule has 2 N–H and O–H groups in total. The molecule has 0 saturated heterocycles. The molecular formula is C12H19NO2. The topological polar surface area (TPSA) is 44.5 Å². The van der Waals surface area contributed by atoms with Gasteiger partial charge in [-0.2, -0.15) is 0 Å². The van der Waals surface area contributed by atoms with E-state index in [1.807, 2.05) is 38.1 Å². The molecule has 84 valence electrons. The van der Waals surface area contributed by atoms with E-state index in [1.54, 1.807) is 7.11 Å². The fourth-order valence-corrected chi connectivity index (χ4v) is 1.51. The predicted molar refractivity (Wildman–Crippen MR) is 61.0 cm³/mol. The fourth-order valence-electron chi connectivity index (χ4n) is 1.51. The minimum absolute atomic E-state index is 0.490. The van der Waals surface area contributed by atoms with Crippen molar-refractivity contribution in [3.63, 3.8) is 0 Å². The lowest BCUT2D eigenvalue weighted by Gasteiger charge is -2.26. The minimum Gasteiger partial charge on any atom is -0.496 e. The van der Waals surface area contributed by atoms with Crippen LogP contribution in [-0.2, 0) is 10.3 Å². The van der Waals surface area contributed by atoms with Gasteiger partial charge in [-0.15, -0.1) is 0 Å². The van der Waals surface area contributed by atoms with E-state index in [4.69, 9.17) is 15.2 Å². The van der Waals surface area contributed by atoms with Gasteiger partial charge in [-0.05, 0) is 19.9 Å². The van der Waals surface area contributed by atoms with Gasteiger partial charge in [0.05, 0.1) is 19.3 Å². The minimum atomic E-state index is -0.511. The zero-order valence-corrected chi connectivity index (χ0v) is 9.62. The molecule has 1 unspecified atom stereocenters. The Morgan fingerprint density at radius 3 is 2.60 bits per heavy atom. The third-order valence-corrected chi connectivity index (χ3v) is 2.33. The Morgan fingerprint density at radius 1 is 1.33 bits per heavy atom. The third kappa shape index (κ3) is 2.94. The lowest BCUT2D eigenvalue weighted by molar-refractivity contribution is 0.0997. The summed E-state index contributed by atoms with van der Waals surface area (Å²) in [5, 5.41) is 0. The van der Waals surface area contributed by atoms with Crippen molar-refractivity contribution >= 4 is 0 Å². The molecule has 0 saturated carbocycles. The zero-order chi connectivity index (χ0) is 11.3. The van der Waals surface area contributed by atoms with Gasteiger partial charge in [0.2, 0.25) is 0 Å². The van der Waals surface area contributed by atoms with Gasteiger partial charge in [-0.25, -0.2) is 0 Å². The average Bonchev–Trinajstić information content (AvgIpc) is 2.26. The number of hydrogen-bond acceptors (Lipinski definition) is 3. The molecule has 0 bridgehead atoms. The molecule has 0 aliphatic heterocycles. The molecule has 0 aliphatic rings. The maximum atomic E-state index is 6.20. The van der Waals surface area contributed by atoms with Gasteiger partial charge in [-0.3, -0.25) is 0 Å². The van der Waals surface area contributed by atoms with Gasteiger partial charge in [0.15, 0.2) is 0 Å². The maximum Gasteiger partial charge on any atom is 0.123 e. The second-order valence-corrected chi connectivity index (χ2v) is 3.75. The highest BCUT2D eigenvalue weighted by Crippen LogP contribution is 2.27. The maximum absolute atomic E-state index is 6.20. The predicted octanol–water partition coefficient (Wildman–Crippen LogP) is 1.91. The SMILES string of the molecule is CCOCC(C)(N)c1ccccc1OC. The Bertz CT molecular complexity index is 310.